The average Bonchev–Trinajstić information content (AvgIpc) is 2.81. The molecule has 3 rings (SSSR count). The Kier molecular flexibility index (Phi) is 8.28. The van der Waals surface area contributed by atoms with Crippen LogP contribution in [0.5, 0.6) is 11.5 Å². The summed E-state index contributed by atoms with van der Waals surface area (Å²) in [5.41, 5.74) is 1.09. The summed E-state index contributed by atoms with van der Waals surface area (Å²) in [6.07, 6.45) is 1.58. The highest BCUT2D eigenvalue weighted by Crippen LogP contribution is 2.34. The van der Waals surface area contributed by atoms with Gasteiger partial charge in [0.15, 0.2) is 17.6 Å². The van der Waals surface area contributed by atoms with Gasteiger partial charge in [-0.2, -0.15) is 5.26 Å². The Hall–Kier alpha value is -3.31. The van der Waals surface area contributed by atoms with Crippen LogP contribution in [0.3, 0.4) is 0 Å². The van der Waals surface area contributed by atoms with E-state index in [2.05, 4.69) is 10.6 Å². The number of anilines is 1. The summed E-state index contributed by atoms with van der Waals surface area (Å²) in [6, 6.07) is 10.4. The fourth-order valence-corrected chi connectivity index (χ4v) is 3.54. The second kappa shape index (κ2) is 11.3. The molecule has 1 unspecified atom stereocenters. The zero-order valence-electron chi connectivity index (χ0n) is 18.3. The third-order valence-electron chi connectivity index (χ3n) is 5.06. The Bertz CT molecular complexity index is 953. The van der Waals surface area contributed by atoms with Crippen LogP contribution in [-0.4, -0.2) is 38.4 Å². The molecule has 0 amide bonds. The van der Waals surface area contributed by atoms with E-state index in [9.17, 15) is 4.79 Å². The standard InChI is InChI=1S/C24H28FN3O4/c1-3-30-19-12-20(22(25)21(13-19)32-18-6-5-11-27-15-18)23(24(29)31-4-2)28-17-9-7-16(14-26)8-10-17/h7-10,12-13,18,23,27-28H,3-6,11,15H2,1-2H3/t18-,23?/m1/s1. The fraction of sp³-hybridized carbons (Fsp3) is 0.417. The van der Waals surface area contributed by atoms with E-state index >= 15 is 4.39 Å². The molecule has 2 N–H and O–H groups in total. The number of ether oxygens (including phenoxy) is 3. The van der Waals surface area contributed by atoms with Gasteiger partial charge in [-0.1, -0.05) is 0 Å². The molecule has 0 aliphatic carbocycles. The minimum Gasteiger partial charge on any atom is -0.494 e. The quantitative estimate of drug-likeness (QED) is 0.570. The number of esters is 1. The van der Waals surface area contributed by atoms with Gasteiger partial charge in [0, 0.05) is 23.9 Å². The SMILES string of the molecule is CCOC(=O)C(Nc1ccc(C#N)cc1)c1cc(OCC)cc(O[C@@H]2CCCNC2)c1F. The number of nitrogens with one attached hydrogen (secondary N) is 2. The van der Waals surface area contributed by atoms with Crippen LogP contribution < -0.4 is 20.1 Å². The number of carbonyl (C=O) groups excluding carboxylic acids is 1. The number of rotatable bonds is 9. The van der Waals surface area contributed by atoms with E-state index in [1.165, 1.54) is 12.1 Å². The zero-order chi connectivity index (χ0) is 22.9. The van der Waals surface area contributed by atoms with Crippen molar-refractivity contribution in [3.05, 3.63) is 53.3 Å². The van der Waals surface area contributed by atoms with Crippen molar-refractivity contribution in [1.82, 2.24) is 5.32 Å². The van der Waals surface area contributed by atoms with Crippen molar-refractivity contribution in [3.63, 3.8) is 0 Å². The molecule has 0 spiro atoms. The molecular weight excluding hydrogens is 413 g/mol. The molecular formula is C24H28FN3O4. The predicted molar refractivity (Wildman–Crippen MR) is 118 cm³/mol. The number of nitrogens with zero attached hydrogens (tertiary/aromatic N) is 1. The van der Waals surface area contributed by atoms with Crippen molar-refractivity contribution in [2.24, 2.45) is 0 Å². The van der Waals surface area contributed by atoms with Crippen molar-refractivity contribution in [1.29, 1.82) is 5.26 Å². The largest absolute Gasteiger partial charge is 0.494 e. The second-order valence-corrected chi connectivity index (χ2v) is 7.36. The van der Waals surface area contributed by atoms with Gasteiger partial charge >= 0.3 is 5.97 Å². The summed E-state index contributed by atoms with van der Waals surface area (Å²) in [5.74, 6) is -0.831. The summed E-state index contributed by atoms with van der Waals surface area (Å²) in [6.45, 7) is 5.57. The summed E-state index contributed by atoms with van der Waals surface area (Å²) in [4.78, 5) is 12.8. The number of piperidine rings is 1. The third kappa shape index (κ3) is 5.89. The van der Waals surface area contributed by atoms with Crippen molar-refractivity contribution in [3.8, 4) is 17.6 Å². The monoisotopic (exact) mass is 441 g/mol. The highest BCUT2D eigenvalue weighted by atomic mass is 19.1. The van der Waals surface area contributed by atoms with Gasteiger partial charge in [-0.3, -0.25) is 0 Å². The van der Waals surface area contributed by atoms with Crippen LogP contribution in [0.15, 0.2) is 36.4 Å². The minimum absolute atomic E-state index is 0.0376. The van der Waals surface area contributed by atoms with Crippen LogP contribution in [0.1, 0.15) is 43.9 Å². The van der Waals surface area contributed by atoms with Crippen LogP contribution in [0.25, 0.3) is 0 Å². The lowest BCUT2D eigenvalue weighted by atomic mass is 10.0. The molecule has 2 atom stereocenters. The van der Waals surface area contributed by atoms with Crippen molar-refractivity contribution < 1.29 is 23.4 Å². The number of hydrogen-bond donors (Lipinski definition) is 2. The maximum Gasteiger partial charge on any atom is 0.333 e. The maximum absolute atomic E-state index is 15.6. The molecule has 0 radical (unpaired) electrons. The molecule has 7 nitrogen and oxygen atoms in total. The smallest absolute Gasteiger partial charge is 0.333 e. The van der Waals surface area contributed by atoms with Gasteiger partial charge in [-0.25, -0.2) is 9.18 Å². The molecule has 2 aromatic carbocycles. The van der Waals surface area contributed by atoms with Crippen LogP contribution in [-0.2, 0) is 9.53 Å². The van der Waals surface area contributed by atoms with Crippen LogP contribution >= 0.6 is 0 Å². The fourth-order valence-electron chi connectivity index (χ4n) is 3.54. The van der Waals surface area contributed by atoms with E-state index in [4.69, 9.17) is 19.5 Å². The Morgan fingerprint density at radius 1 is 1.28 bits per heavy atom. The normalized spacial score (nSPS) is 16.5. The van der Waals surface area contributed by atoms with Crippen LogP contribution in [0.2, 0.25) is 0 Å². The second-order valence-electron chi connectivity index (χ2n) is 7.36. The molecule has 1 heterocycles. The first kappa shape index (κ1) is 23.4. The highest BCUT2D eigenvalue weighted by molar-refractivity contribution is 5.81. The minimum atomic E-state index is -1.13. The van der Waals surface area contributed by atoms with E-state index in [1.54, 1.807) is 31.2 Å². The number of carbonyl (C=O) groups is 1. The van der Waals surface area contributed by atoms with Crippen LogP contribution in [0, 0.1) is 17.1 Å². The first-order valence-electron chi connectivity index (χ1n) is 10.8. The van der Waals surface area contributed by atoms with E-state index in [0.717, 1.165) is 19.4 Å². The van der Waals surface area contributed by atoms with Gasteiger partial charge < -0.3 is 24.8 Å². The van der Waals surface area contributed by atoms with Gasteiger partial charge in [0.2, 0.25) is 0 Å². The molecule has 1 aliphatic rings. The molecule has 8 heteroatoms. The Labute approximate surface area is 187 Å². The topological polar surface area (TPSA) is 92.6 Å². The van der Waals surface area contributed by atoms with Crippen molar-refractivity contribution in [2.45, 2.75) is 38.8 Å². The number of benzene rings is 2. The lowest BCUT2D eigenvalue weighted by Crippen LogP contribution is -2.37. The molecule has 0 bridgehead atoms. The molecule has 1 saturated heterocycles. The number of halogens is 1. The molecule has 1 fully saturated rings. The molecule has 0 saturated carbocycles. The van der Waals surface area contributed by atoms with Gasteiger partial charge in [-0.15, -0.1) is 0 Å². The summed E-state index contributed by atoms with van der Waals surface area (Å²) in [7, 11) is 0. The third-order valence-corrected chi connectivity index (χ3v) is 5.06. The van der Waals surface area contributed by atoms with Gasteiger partial charge in [0.1, 0.15) is 11.9 Å². The summed E-state index contributed by atoms with van der Waals surface area (Å²) < 4.78 is 32.4. The zero-order valence-corrected chi connectivity index (χ0v) is 18.3. The number of hydrogen-bond acceptors (Lipinski definition) is 7. The average molecular weight is 442 g/mol. The van der Waals surface area contributed by atoms with E-state index in [-0.39, 0.29) is 24.0 Å². The predicted octanol–water partition coefficient (Wildman–Crippen LogP) is 3.94. The lowest BCUT2D eigenvalue weighted by molar-refractivity contribution is -0.144. The first-order valence-corrected chi connectivity index (χ1v) is 10.8. The van der Waals surface area contributed by atoms with Crippen molar-refractivity contribution >= 4 is 11.7 Å². The molecule has 32 heavy (non-hydrogen) atoms. The molecule has 2 aromatic rings. The Morgan fingerprint density at radius 2 is 2.06 bits per heavy atom. The Balaban J connectivity index is 1.98. The highest BCUT2D eigenvalue weighted by Gasteiger charge is 2.29. The molecule has 0 aromatic heterocycles. The molecule has 1 aliphatic heterocycles. The van der Waals surface area contributed by atoms with Crippen molar-refractivity contribution in [2.75, 3.05) is 31.6 Å². The van der Waals surface area contributed by atoms with E-state index < -0.39 is 17.8 Å². The number of nitriles is 1. The maximum atomic E-state index is 15.6. The summed E-state index contributed by atoms with van der Waals surface area (Å²) in [5, 5.41) is 15.3. The lowest BCUT2D eigenvalue weighted by Gasteiger charge is -2.26. The van der Waals surface area contributed by atoms with E-state index in [0.29, 0.717) is 30.2 Å². The van der Waals surface area contributed by atoms with Gasteiger partial charge in [0.25, 0.3) is 0 Å². The Morgan fingerprint density at radius 3 is 2.69 bits per heavy atom. The first-order chi connectivity index (χ1) is 15.5. The van der Waals surface area contributed by atoms with Gasteiger partial charge in [-0.05, 0) is 63.6 Å². The van der Waals surface area contributed by atoms with Crippen LogP contribution in [0.4, 0.5) is 10.1 Å². The van der Waals surface area contributed by atoms with E-state index in [1.807, 2.05) is 13.0 Å². The summed E-state index contributed by atoms with van der Waals surface area (Å²) >= 11 is 0. The molecule has 170 valence electrons. The van der Waals surface area contributed by atoms with Gasteiger partial charge in [0.05, 0.1) is 24.8 Å².